The second kappa shape index (κ2) is 3.64. The standard InChI is InChI=1S/C11H10ClNS/c1-7-2-3-8(6-10(7)13)11-9(12)4-5-14-11/h2-6H,13H2,1H3. The second-order valence-electron chi connectivity index (χ2n) is 3.17. The number of nitrogens with two attached hydrogens (primary N) is 1. The molecular formula is C11H10ClNS. The first-order valence-corrected chi connectivity index (χ1v) is 5.54. The Bertz CT molecular complexity index is 462. The molecule has 0 atom stereocenters. The van der Waals surface area contributed by atoms with Crippen molar-refractivity contribution in [2.24, 2.45) is 0 Å². The Kier molecular flexibility index (Phi) is 2.48. The van der Waals surface area contributed by atoms with Crippen molar-refractivity contribution in [3.05, 3.63) is 40.2 Å². The summed E-state index contributed by atoms with van der Waals surface area (Å²) >= 11 is 7.67. The summed E-state index contributed by atoms with van der Waals surface area (Å²) in [5.74, 6) is 0. The first kappa shape index (κ1) is 9.56. The van der Waals surface area contributed by atoms with E-state index < -0.39 is 0 Å². The van der Waals surface area contributed by atoms with Crippen LogP contribution in [0.3, 0.4) is 0 Å². The summed E-state index contributed by atoms with van der Waals surface area (Å²) < 4.78 is 0. The van der Waals surface area contributed by atoms with Gasteiger partial charge in [-0.2, -0.15) is 0 Å². The predicted octanol–water partition coefficient (Wildman–Crippen LogP) is 3.96. The van der Waals surface area contributed by atoms with Crippen LogP contribution in [0.2, 0.25) is 5.02 Å². The Balaban J connectivity index is 2.53. The lowest BCUT2D eigenvalue weighted by Crippen LogP contribution is -1.89. The van der Waals surface area contributed by atoms with Gasteiger partial charge in [-0.3, -0.25) is 0 Å². The van der Waals surface area contributed by atoms with Crippen LogP contribution in [-0.2, 0) is 0 Å². The minimum absolute atomic E-state index is 0.790. The molecule has 2 N–H and O–H groups in total. The van der Waals surface area contributed by atoms with Gasteiger partial charge in [-0.1, -0.05) is 23.7 Å². The van der Waals surface area contributed by atoms with Crippen LogP contribution in [0.25, 0.3) is 10.4 Å². The lowest BCUT2D eigenvalue weighted by molar-refractivity contribution is 1.47. The topological polar surface area (TPSA) is 26.0 Å². The molecule has 1 aromatic carbocycles. The van der Waals surface area contributed by atoms with Crippen molar-refractivity contribution in [3.8, 4) is 10.4 Å². The smallest absolute Gasteiger partial charge is 0.0592 e. The Morgan fingerprint density at radius 3 is 2.64 bits per heavy atom. The van der Waals surface area contributed by atoms with Crippen LogP contribution in [0.15, 0.2) is 29.6 Å². The SMILES string of the molecule is Cc1ccc(-c2sccc2Cl)cc1N. The summed E-state index contributed by atoms with van der Waals surface area (Å²) in [6.45, 7) is 2.00. The summed E-state index contributed by atoms with van der Waals surface area (Å²) in [5, 5.41) is 2.77. The van der Waals surface area contributed by atoms with E-state index in [2.05, 4.69) is 0 Å². The summed E-state index contributed by atoms with van der Waals surface area (Å²) in [6.07, 6.45) is 0. The van der Waals surface area contributed by atoms with E-state index in [1.807, 2.05) is 36.6 Å². The molecule has 0 amide bonds. The summed E-state index contributed by atoms with van der Waals surface area (Å²) in [4.78, 5) is 1.08. The van der Waals surface area contributed by atoms with Crippen molar-refractivity contribution in [2.45, 2.75) is 6.92 Å². The molecule has 3 heteroatoms. The van der Waals surface area contributed by atoms with Gasteiger partial charge in [-0.05, 0) is 35.6 Å². The number of aryl methyl sites for hydroxylation is 1. The Labute approximate surface area is 92.1 Å². The van der Waals surface area contributed by atoms with E-state index in [4.69, 9.17) is 17.3 Å². The first-order chi connectivity index (χ1) is 6.68. The van der Waals surface area contributed by atoms with E-state index >= 15 is 0 Å². The van der Waals surface area contributed by atoms with Crippen molar-refractivity contribution < 1.29 is 0 Å². The number of thiophene rings is 1. The summed E-state index contributed by atoms with van der Waals surface area (Å²) in [7, 11) is 0. The average molecular weight is 224 g/mol. The van der Waals surface area contributed by atoms with Gasteiger partial charge < -0.3 is 5.73 Å². The zero-order valence-corrected chi connectivity index (χ0v) is 9.32. The third-order valence-corrected chi connectivity index (χ3v) is 3.55. The number of benzene rings is 1. The molecule has 0 fully saturated rings. The van der Waals surface area contributed by atoms with Crippen molar-refractivity contribution in [2.75, 3.05) is 5.73 Å². The molecule has 1 nitrogen and oxygen atoms in total. The molecule has 0 unspecified atom stereocenters. The van der Waals surface area contributed by atoms with Crippen LogP contribution >= 0.6 is 22.9 Å². The fraction of sp³-hybridized carbons (Fsp3) is 0.0909. The maximum atomic E-state index is 6.04. The molecule has 14 heavy (non-hydrogen) atoms. The number of hydrogen-bond acceptors (Lipinski definition) is 2. The summed E-state index contributed by atoms with van der Waals surface area (Å²) in [6, 6.07) is 7.93. The molecule has 0 saturated heterocycles. The van der Waals surface area contributed by atoms with Crippen LogP contribution in [0.5, 0.6) is 0 Å². The third-order valence-electron chi connectivity index (χ3n) is 2.16. The van der Waals surface area contributed by atoms with E-state index in [0.717, 1.165) is 26.7 Å². The molecule has 0 bridgehead atoms. The highest BCUT2D eigenvalue weighted by Gasteiger charge is 2.05. The average Bonchev–Trinajstić information content (AvgIpc) is 2.57. The van der Waals surface area contributed by atoms with E-state index in [9.17, 15) is 0 Å². The Morgan fingerprint density at radius 2 is 2.07 bits per heavy atom. The van der Waals surface area contributed by atoms with Gasteiger partial charge in [-0.15, -0.1) is 11.3 Å². The van der Waals surface area contributed by atoms with Crippen molar-refractivity contribution in [3.63, 3.8) is 0 Å². The van der Waals surface area contributed by atoms with Crippen molar-refractivity contribution in [1.29, 1.82) is 0 Å². The number of hydrogen-bond donors (Lipinski definition) is 1. The number of nitrogen functional groups attached to an aromatic ring is 1. The normalized spacial score (nSPS) is 10.4. The molecule has 2 rings (SSSR count). The minimum Gasteiger partial charge on any atom is -0.398 e. The highest BCUT2D eigenvalue weighted by atomic mass is 35.5. The first-order valence-electron chi connectivity index (χ1n) is 4.28. The summed E-state index contributed by atoms with van der Waals surface area (Å²) in [5.41, 5.74) is 8.84. The zero-order valence-electron chi connectivity index (χ0n) is 7.75. The molecule has 0 aliphatic heterocycles. The largest absolute Gasteiger partial charge is 0.398 e. The molecular weight excluding hydrogens is 214 g/mol. The molecule has 72 valence electrons. The molecule has 0 radical (unpaired) electrons. The van der Waals surface area contributed by atoms with Crippen LogP contribution in [-0.4, -0.2) is 0 Å². The third kappa shape index (κ3) is 1.63. The van der Waals surface area contributed by atoms with Gasteiger partial charge in [0.2, 0.25) is 0 Å². The highest BCUT2D eigenvalue weighted by molar-refractivity contribution is 7.14. The maximum Gasteiger partial charge on any atom is 0.0592 e. The molecule has 0 aliphatic rings. The monoisotopic (exact) mass is 223 g/mol. The second-order valence-corrected chi connectivity index (χ2v) is 4.49. The molecule has 0 saturated carbocycles. The van der Waals surface area contributed by atoms with Gasteiger partial charge in [0.15, 0.2) is 0 Å². The minimum atomic E-state index is 0.790. The van der Waals surface area contributed by atoms with Gasteiger partial charge in [-0.25, -0.2) is 0 Å². The zero-order chi connectivity index (χ0) is 10.1. The predicted molar refractivity (Wildman–Crippen MR) is 63.9 cm³/mol. The Hall–Kier alpha value is -0.990. The van der Waals surface area contributed by atoms with E-state index in [0.29, 0.717) is 0 Å². The van der Waals surface area contributed by atoms with Gasteiger partial charge in [0.25, 0.3) is 0 Å². The van der Waals surface area contributed by atoms with Crippen LogP contribution in [0.4, 0.5) is 5.69 Å². The molecule has 1 aromatic heterocycles. The van der Waals surface area contributed by atoms with Gasteiger partial charge in [0, 0.05) is 5.69 Å². The quantitative estimate of drug-likeness (QED) is 0.728. The molecule has 1 heterocycles. The van der Waals surface area contributed by atoms with Crippen LogP contribution in [0.1, 0.15) is 5.56 Å². The maximum absolute atomic E-state index is 6.04. The molecule has 0 aliphatic carbocycles. The number of rotatable bonds is 1. The lowest BCUT2D eigenvalue weighted by Gasteiger charge is -2.03. The van der Waals surface area contributed by atoms with Crippen molar-refractivity contribution >= 4 is 28.6 Å². The lowest BCUT2D eigenvalue weighted by atomic mass is 10.1. The number of halogens is 1. The van der Waals surface area contributed by atoms with Crippen molar-refractivity contribution in [1.82, 2.24) is 0 Å². The van der Waals surface area contributed by atoms with E-state index in [1.54, 1.807) is 11.3 Å². The van der Waals surface area contributed by atoms with Gasteiger partial charge in [0.05, 0.1) is 9.90 Å². The molecule has 2 aromatic rings. The fourth-order valence-electron chi connectivity index (χ4n) is 1.28. The fourth-order valence-corrected chi connectivity index (χ4v) is 2.45. The number of anilines is 1. The highest BCUT2D eigenvalue weighted by Crippen LogP contribution is 2.34. The van der Waals surface area contributed by atoms with E-state index in [1.165, 1.54) is 0 Å². The van der Waals surface area contributed by atoms with Gasteiger partial charge in [0.1, 0.15) is 0 Å². The molecule has 0 spiro atoms. The Morgan fingerprint density at radius 1 is 1.29 bits per heavy atom. The van der Waals surface area contributed by atoms with Crippen LogP contribution in [0, 0.1) is 6.92 Å². The van der Waals surface area contributed by atoms with Crippen LogP contribution < -0.4 is 5.73 Å². The van der Waals surface area contributed by atoms with Gasteiger partial charge >= 0.3 is 0 Å². The van der Waals surface area contributed by atoms with E-state index in [-0.39, 0.29) is 0 Å².